The average Bonchev–Trinajstić information content (AvgIpc) is 2.97. The Bertz CT molecular complexity index is 397. The van der Waals surface area contributed by atoms with Gasteiger partial charge in [0.2, 0.25) is 0 Å². The Kier molecular flexibility index (Phi) is 2.25. The molecule has 15 heavy (non-hydrogen) atoms. The predicted molar refractivity (Wildman–Crippen MR) is 57.7 cm³/mol. The quantitative estimate of drug-likeness (QED) is 0.708. The molecule has 1 aromatic rings. The second-order valence-electron chi connectivity index (χ2n) is 4.33. The Morgan fingerprint density at radius 1 is 1.40 bits per heavy atom. The van der Waals surface area contributed by atoms with E-state index in [1.54, 1.807) is 6.07 Å². The number of hydrogen-bond donors (Lipinski definition) is 0. The lowest BCUT2D eigenvalue weighted by atomic mass is 9.95. The summed E-state index contributed by atoms with van der Waals surface area (Å²) in [6.07, 6.45) is 2.62. The van der Waals surface area contributed by atoms with Crippen LogP contribution in [0.2, 0.25) is 0 Å². The van der Waals surface area contributed by atoms with Gasteiger partial charge in [-0.2, -0.15) is 0 Å². The van der Waals surface area contributed by atoms with E-state index in [1.807, 2.05) is 19.0 Å². The van der Waals surface area contributed by atoms with Crippen LogP contribution in [-0.4, -0.2) is 20.4 Å². The topological polar surface area (TPSA) is 20.3 Å². The molecule has 0 amide bonds. The van der Waals surface area contributed by atoms with Crippen molar-refractivity contribution in [3.8, 4) is 0 Å². The summed E-state index contributed by atoms with van der Waals surface area (Å²) in [5.74, 6) is -0.274. The monoisotopic (exact) mass is 207 g/mol. The Labute approximate surface area is 88.7 Å². The van der Waals surface area contributed by atoms with Gasteiger partial charge in [0.05, 0.1) is 5.41 Å². The van der Waals surface area contributed by atoms with Crippen LogP contribution in [0.15, 0.2) is 18.2 Å². The van der Waals surface area contributed by atoms with Gasteiger partial charge in [-0.15, -0.1) is 0 Å². The first-order chi connectivity index (χ1) is 7.09. The van der Waals surface area contributed by atoms with Crippen LogP contribution in [-0.2, 0) is 10.2 Å². The van der Waals surface area contributed by atoms with E-state index >= 15 is 0 Å². The van der Waals surface area contributed by atoms with E-state index in [9.17, 15) is 9.18 Å². The molecule has 0 bridgehead atoms. The average molecular weight is 207 g/mol. The maximum atomic E-state index is 13.2. The van der Waals surface area contributed by atoms with Crippen LogP contribution in [0, 0.1) is 5.82 Å². The van der Waals surface area contributed by atoms with Crippen molar-refractivity contribution >= 4 is 12.0 Å². The van der Waals surface area contributed by atoms with Crippen molar-refractivity contribution in [1.29, 1.82) is 0 Å². The van der Waals surface area contributed by atoms with Crippen LogP contribution < -0.4 is 4.90 Å². The van der Waals surface area contributed by atoms with Crippen LogP contribution in [0.1, 0.15) is 18.4 Å². The Hall–Kier alpha value is -1.38. The molecule has 0 aliphatic heterocycles. The van der Waals surface area contributed by atoms with E-state index in [2.05, 4.69) is 0 Å². The van der Waals surface area contributed by atoms with E-state index in [0.29, 0.717) is 0 Å². The summed E-state index contributed by atoms with van der Waals surface area (Å²) < 4.78 is 13.2. The minimum atomic E-state index is -0.415. The number of hydrogen-bond acceptors (Lipinski definition) is 2. The zero-order chi connectivity index (χ0) is 11.1. The molecule has 0 atom stereocenters. The molecule has 0 unspecified atom stereocenters. The largest absolute Gasteiger partial charge is 0.377 e. The molecule has 0 radical (unpaired) electrons. The van der Waals surface area contributed by atoms with Gasteiger partial charge in [-0.3, -0.25) is 0 Å². The first-order valence-electron chi connectivity index (χ1n) is 5.03. The number of aldehydes is 1. The lowest BCUT2D eigenvalue weighted by Gasteiger charge is -2.20. The first-order valence-corrected chi connectivity index (χ1v) is 5.03. The first kappa shape index (κ1) is 10.1. The molecule has 0 aromatic heterocycles. The maximum absolute atomic E-state index is 13.2. The number of anilines is 1. The molecule has 1 fully saturated rings. The molecule has 80 valence electrons. The fourth-order valence-corrected chi connectivity index (χ4v) is 1.88. The second-order valence-corrected chi connectivity index (χ2v) is 4.33. The lowest BCUT2D eigenvalue weighted by molar-refractivity contribution is -0.109. The van der Waals surface area contributed by atoms with E-state index in [4.69, 9.17) is 0 Å². The molecule has 1 saturated carbocycles. The SMILES string of the molecule is CN(C)c1ccc(F)cc1C1(C=O)CC1. The highest BCUT2D eigenvalue weighted by atomic mass is 19.1. The highest BCUT2D eigenvalue weighted by Gasteiger charge is 2.46. The minimum absolute atomic E-state index is 0.274. The van der Waals surface area contributed by atoms with Crippen LogP contribution >= 0.6 is 0 Å². The second kappa shape index (κ2) is 3.33. The van der Waals surface area contributed by atoms with Crippen LogP contribution in [0.3, 0.4) is 0 Å². The van der Waals surface area contributed by atoms with Gasteiger partial charge in [-0.1, -0.05) is 0 Å². The van der Waals surface area contributed by atoms with Crippen molar-refractivity contribution in [1.82, 2.24) is 0 Å². The summed E-state index contributed by atoms with van der Waals surface area (Å²) in [5.41, 5.74) is 1.34. The van der Waals surface area contributed by atoms with Crippen molar-refractivity contribution in [3.05, 3.63) is 29.6 Å². The number of nitrogens with zero attached hydrogens (tertiary/aromatic N) is 1. The fourth-order valence-electron chi connectivity index (χ4n) is 1.88. The molecule has 3 heteroatoms. The number of halogens is 1. The van der Waals surface area contributed by atoms with E-state index in [1.165, 1.54) is 12.1 Å². The van der Waals surface area contributed by atoms with Crippen LogP contribution in [0.25, 0.3) is 0 Å². The molecule has 0 saturated heterocycles. The summed E-state index contributed by atoms with van der Waals surface area (Å²) in [6, 6.07) is 4.64. The van der Waals surface area contributed by atoms with Gasteiger partial charge in [0, 0.05) is 19.8 Å². The molecule has 0 heterocycles. The molecular weight excluding hydrogens is 193 g/mol. The summed E-state index contributed by atoms with van der Waals surface area (Å²) in [4.78, 5) is 12.9. The molecule has 0 spiro atoms. The van der Waals surface area contributed by atoms with E-state index in [-0.39, 0.29) is 5.82 Å². The molecule has 1 aliphatic carbocycles. The number of carbonyl (C=O) groups is 1. The smallest absolute Gasteiger partial charge is 0.130 e. The van der Waals surface area contributed by atoms with Crippen molar-refractivity contribution in [2.75, 3.05) is 19.0 Å². The summed E-state index contributed by atoms with van der Waals surface area (Å²) in [6.45, 7) is 0. The number of benzene rings is 1. The third kappa shape index (κ3) is 1.62. The molecule has 1 aromatic carbocycles. The van der Waals surface area contributed by atoms with Crippen molar-refractivity contribution in [2.24, 2.45) is 0 Å². The molecule has 2 nitrogen and oxygen atoms in total. The molecular formula is C12H14FNO. The van der Waals surface area contributed by atoms with Crippen molar-refractivity contribution < 1.29 is 9.18 Å². The number of rotatable bonds is 3. The Balaban J connectivity index is 2.52. The minimum Gasteiger partial charge on any atom is -0.377 e. The van der Waals surface area contributed by atoms with Gasteiger partial charge in [0.15, 0.2) is 0 Å². The van der Waals surface area contributed by atoms with Gasteiger partial charge in [0.25, 0.3) is 0 Å². The van der Waals surface area contributed by atoms with E-state index in [0.717, 1.165) is 30.4 Å². The highest BCUT2D eigenvalue weighted by molar-refractivity contribution is 5.77. The standard InChI is InChI=1S/C12H14FNO/c1-14(2)11-4-3-9(13)7-10(11)12(8-15)5-6-12/h3-4,7-8H,5-6H2,1-2H3. The van der Waals surface area contributed by atoms with Crippen molar-refractivity contribution in [3.63, 3.8) is 0 Å². The van der Waals surface area contributed by atoms with Gasteiger partial charge in [-0.05, 0) is 36.6 Å². The normalized spacial score (nSPS) is 17.3. The third-order valence-electron chi connectivity index (χ3n) is 2.99. The van der Waals surface area contributed by atoms with Crippen molar-refractivity contribution in [2.45, 2.75) is 18.3 Å². The Morgan fingerprint density at radius 2 is 2.07 bits per heavy atom. The van der Waals surface area contributed by atoms with Gasteiger partial charge in [0.1, 0.15) is 12.1 Å². The van der Waals surface area contributed by atoms with Gasteiger partial charge in [-0.25, -0.2) is 4.39 Å². The van der Waals surface area contributed by atoms with E-state index < -0.39 is 5.41 Å². The molecule has 1 aliphatic rings. The zero-order valence-electron chi connectivity index (χ0n) is 8.96. The lowest BCUT2D eigenvalue weighted by Crippen LogP contribution is -2.17. The van der Waals surface area contributed by atoms with Gasteiger partial charge < -0.3 is 9.69 Å². The zero-order valence-corrected chi connectivity index (χ0v) is 8.96. The highest BCUT2D eigenvalue weighted by Crippen LogP contribution is 2.49. The molecule has 2 rings (SSSR count). The fraction of sp³-hybridized carbons (Fsp3) is 0.417. The third-order valence-corrected chi connectivity index (χ3v) is 2.99. The molecule has 0 N–H and O–H groups in total. The Morgan fingerprint density at radius 3 is 2.53 bits per heavy atom. The summed E-state index contributed by atoms with van der Waals surface area (Å²) in [7, 11) is 3.80. The maximum Gasteiger partial charge on any atom is 0.130 e. The summed E-state index contributed by atoms with van der Waals surface area (Å²) >= 11 is 0. The van der Waals surface area contributed by atoms with Gasteiger partial charge >= 0.3 is 0 Å². The summed E-state index contributed by atoms with van der Waals surface area (Å²) in [5, 5.41) is 0. The van der Waals surface area contributed by atoms with Crippen LogP contribution in [0.5, 0.6) is 0 Å². The number of carbonyl (C=O) groups excluding carboxylic acids is 1. The predicted octanol–water partition coefficient (Wildman–Crippen LogP) is 2.12. The van der Waals surface area contributed by atoms with Crippen LogP contribution in [0.4, 0.5) is 10.1 Å².